The molecule has 0 radical (unpaired) electrons. The Bertz CT molecular complexity index is 601. The van der Waals surface area contributed by atoms with Gasteiger partial charge in [0.2, 0.25) is 6.79 Å². The smallest absolute Gasteiger partial charge is 0.317 e. The van der Waals surface area contributed by atoms with Crippen molar-refractivity contribution in [1.29, 1.82) is 0 Å². The summed E-state index contributed by atoms with van der Waals surface area (Å²) >= 11 is 0. The van der Waals surface area contributed by atoms with Gasteiger partial charge in [-0.15, -0.1) is 0 Å². The maximum atomic E-state index is 10.9. The number of carbonyl (C=O) groups is 1. The summed E-state index contributed by atoms with van der Waals surface area (Å²) in [4.78, 5) is 12.9. The Morgan fingerprint density at radius 3 is 2.71 bits per heavy atom. The number of carboxylic acid groups (broad SMARTS) is 1. The molecular weight excluding hydrogens is 312 g/mol. The zero-order valence-electron chi connectivity index (χ0n) is 14.1. The van der Waals surface area contributed by atoms with Crippen molar-refractivity contribution in [2.45, 2.75) is 38.4 Å². The maximum Gasteiger partial charge on any atom is 0.317 e. The molecule has 1 aliphatic carbocycles. The van der Waals surface area contributed by atoms with Crippen LogP contribution >= 0.6 is 0 Å². The van der Waals surface area contributed by atoms with E-state index < -0.39 is 5.97 Å². The van der Waals surface area contributed by atoms with Crippen molar-refractivity contribution in [3.63, 3.8) is 0 Å². The third-order valence-electron chi connectivity index (χ3n) is 4.73. The Labute approximate surface area is 141 Å². The van der Waals surface area contributed by atoms with Gasteiger partial charge in [-0.3, -0.25) is 9.69 Å². The SMILES string of the molecule is CCN(CC(=O)O)C1CC(NCc2cc3c(cc2OC)OCO3)C1. The van der Waals surface area contributed by atoms with Gasteiger partial charge in [0, 0.05) is 30.3 Å². The number of likely N-dealkylation sites (N-methyl/N-ethyl adjacent to an activating group) is 1. The van der Waals surface area contributed by atoms with Crippen molar-refractivity contribution in [2.24, 2.45) is 0 Å². The van der Waals surface area contributed by atoms with Crippen LogP contribution in [0.15, 0.2) is 12.1 Å². The summed E-state index contributed by atoms with van der Waals surface area (Å²) in [7, 11) is 1.64. The molecule has 1 aromatic carbocycles. The van der Waals surface area contributed by atoms with E-state index in [-0.39, 0.29) is 13.3 Å². The molecule has 2 aliphatic rings. The Morgan fingerprint density at radius 1 is 1.38 bits per heavy atom. The summed E-state index contributed by atoms with van der Waals surface area (Å²) in [5.41, 5.74) is 1.03. The number of hydrogen-bond acceptors (Lipinski definition) is 6. The number of nitrogens with one attached hydrogen (secondary N) is 1. The molecular formula is C17H24N2O5. The molecule has 1 aliphatic heterocycles. The van der Waals surface area contributed by atoms with E-state index in [1.165, 1.54) is 0 Å². The normalized spacial score (nSPS) is 21.6. The van der Waals surface area contributed by atoms with Gasteiger partial charge in [0.15, 0.2) is 11.5 Å². The number of fused-ring (bicyclic) bond motifs is 1. The van der Waals surface area contributed by atoms with E-state index in [4.69, 9.17) is 19.3 Å². The summed E-state index contributed by atoms with van der Waals surface area (Å²) < 4.78 is 16.2. The van der Waals surface area contributed by atoms with Gasteiger partial charge < -0.3 is 24.6 Å². The highest BCUT2D eigenvalue weighted by Gasteiger charge is 2.33. The minimum absolute atomic E-state index is 0.115. The van der Waals surface area contributed by atoms with Crippen molar-refractivity contribution in [1.82, 2.24) is 10.2 Å². The Morgan fingerprint density at radius 2 is 2.08 bits per heavy atom. The van der Waals surface area contributed by atoms with Gasteiger partial charge >= 0.3 is 5.97 Å². The summed E-state index contributed by atoms with van der Waals surface area (Å²) in [5, 5.41) is 12.5. The number of carboxylic acids is 1. The van der Waals surface area contributed by atoms with Crippen molar-refractivity contribution in [3.8, 4) is 17.2 Å². The van der Waals surface area contributed by atoms with Gasteiger partial charge in [0.25, 0.3) is 0 Å². The second kappa shape index (κ2) is 7.27. The molecule has 0 amide bonds. The number of hydrogen-bond donors (Lipinski definition) is 2. The number of rotatable bonds is 8. The molecule has 3 rings (SSSR count). The van der Waals surface area contributed by atoms with E-state index in [2.05, 4.69) is 5.32 Å². The average Bonchev–Trinajstić information content (AvgIpc) is 2.97. The van der Waals surface area contributed by atoms with Crippen molar-refractivity contribution >= 4 is 5.97 Å². The van der Waals surface area contributed by atoms with Gasteiger partial charge in [-0.05, 0) is 25.5 Å². The Hall–Kier alpha value is -1.99. The van der Waals surface area contributed by atoms with Crippen LogP contribution in [0.3, 0.4) is 0 Å². The molecule has 1 aromatic rings. The molecule has 7 nitrogen and oxygen atoms in total. The van der Waals surface area contributed by atoms with Crippen LogP contribution in [0.25, 0.3) is 0 Å². The van der Waals surface area contributed by atoms with Crippen LogP contribution in [0.2, 0.25) is 0 Å². The van der Waals surface area contributed by atoms with Crippen LogP contribution in [-0.2, 0) is 11.3 Å². The first-order chi connectivity index (χ1) is 11.6. The summed E-state index contributed by atoms with van der Waals surface area (Å²) in [6.45, 7) is 3.81. The highest BCUT2D eigenvalue weighted by molar-refractivity contribution is 5.69. The van der Waals surface area contributed by atoms with Gasteiger partial charge in [0.05, 0.1) is 13.7 Å². The van der Waals surface area contributed by atoms with E-state index in [1.807, 2.05) is 24.0 Å². The van der Waals surface area contributed by atoms with Crippen LogP contribution in [0.5, 0.6) is 17.2 Å². The van der Waals surface area contributed by atoms with Gasteiger partial charge in [-0.2, -0.15) is 0 Å². The molecule has 0 aromatic heterocycles. The standard InChI is InChI=1S/C17H24N2O5/c1-3-19(9-17(20)21)13-5-12(6-13)18-8-11-4-15-16(24-10-23-15)7-14(11)22-2/h4,7,12-13,18H,3,5-6,8-10H2,1-2H3,(H,20,21). The minimum atomic E-state index is -0.765. The second-order valence-corrected chi connectivity index (χ2v) is 6.18. The quantitative estimate of drug-likeness (QED) is 0.744. The molecule has 0 saturated heterocycles. The molecule has 132 valence electrons. The molecule has 0 unspecified atom stereocenters. The predicted molar refractivity (Wildman–Crippen MR) is 87.6 cm³/mol. The first-order valence-corrected chi connectivity index (χ1v) is 8.26. The third kappa shape index (κ3) is 3.57. The Kier molecular flexibility index (Phi) is 5.11. The summed E-state index contributed by atoms with van der Waals surface area (Å²) in [6.07, 6.45) is 1.93. The number of methoxy groups -OCH3 is 1. The fourth-order valence-electron chi connectivity index (χ4n) is 3.27. The third-order valence-corrected chi connectivity index (χ3v) is 4.73. The number of benzene rings is 1. The zero-order chi connectivity index (χ0) is 17.1. The van der Waals surface area contributed by atoms with E-state index in [0.29, 0.717) is 24.4 Å². The van der Waals surface area contributed by atoms with Gasteiger partial charge in [-0.25, -0.2) is 0 Å². The first-order valence-electron chi connectivity index (χ1n) is 8.26. The topological polar surface area (TPSA) is 80.3 Å². The molecule has 0 atom stereocenters. The van der Waals surface area contributed by atoms with E-state index >= 15 is 0 Å². The fourth-order valence-corrected chi connectivity index (χ4v) is 3.27. The summed E-state index contributed by atoms with van der Waals surface area (Å²) in [6, 6.07) is 4.55. The highest BCUT2D eigenvalue weighted by Crippen LogP contribution is 2.38. The molecule has 2 N–H and O–H groups in total. The van der Waals surface area contributed by atoms with Crippen molar-refractivity contribution in [2.75, 3.05) is 27.0 Å². The van der Waals surface area contributed by atoms with Crippen molar-refractivity contribution in [3.05, 3.63) is 17.7 Å². The lowest BCUT2D eigenvalue weighted by Gasteiger charge is -2.42. The molecule has 1 saturated carbocycles. The monoisotopic (exact) mass is 336 g/mol. The first kappa shape index (κ1) is 16.9. The van der Waals surface area contributed by atoms with E-state index in [0.717, 1.165) is 36.4 Å². The Balaban J connectivity index is 1.52. The van der Waals surface area contributed by atoms with E-state index in [1.54, 1.807) is 7.11 Å². The van der Waals surface area contributed by atoms with E-state index in [9.17, 15) is 4.79 Å². The van der Waals surface area contributed by atoms with Crippen molar-refractivity contribution < 1.29 is 24.1 Å². The van der Waals surface area contributed by atoms with Crippen LogP contribution in [0, 0.1) is 0 Å². The summed E-state index contributed by atoms with van der Waals surface area (Å²) in [5.74, 6) is 1.48. The van der Waals surface area contributed by atoms with Crippen LogP contribution < -0.4 is 19.5 Å². The molecule has 0 spiro atoms. The molecule has 1 fully saturated rings. The zero-order valence-corrected chi connectivity index (χ0v) is 14.1. The lowest BCUT2D eigenvalue weighted by atomic mass is 9.85. The van der Waals surface area contributed by atoms with Crippen LogP contribution in [0.4, 0.5) is 0 Å². The predicted octanol–water partition coefficient (Wildman–Crippen LogP) is 1.45. The fraction of sp³-hybridized carbons (Fsp3) is 0.588. The number of nitrogens with zero attached hydrogens (tertiary/aromatic N) is 1. The largest absolute Gasteiger partial charge is 0.496 e. The highest BCUT2D eigenvalue weighted by atomic mass is 16.7. The molecule has 1 heterocycles. The van der Waals surface area contributed by atoms with Crippen LogP contribution in [0.1, 0.15) is 25.3 Å². The van der Waals surface area contributed by atoms with Crippen LogP contribution in [-0.4, -0.2) is 55.1 Å². The number of aliphatic carboxylic acids is 1. The molecule has 24 heavy (non-hydrogen) atoms. The lowest BCUT2D eigenvalue weighted by Crippen LogP contribution is -2.53. The minimum Gasteiger partial charge on any atom is -0.496 e. The van der Waals surface area contributed by atoms with Gasteiger partial charge in [0.1, 0.15) is 5.75 Å². The maximum absolute atomic E-state index is 10.9. The molecule has 0 bridgehead atoms. The molecule has 7 heteroatoms. The number of ether oxygens (including phenoxy) is 3. The lowest BCUT2D eigenvalue weighted by molar-refractivity contribution is -0.139. The second-order valence-electron chi connectivity index (χ2n) is 6.18. The van der Waals surface area contributed by atoms with Gasteiger partial charge in [-0.1, -0.05) is 6.92 Å². The average molecular weight is 336 g/mol.